The molecular weight excluding hydrogens is 411 g/mol. The molecule has 6 nitrogen and oxygen atoms in total. The molecule has 4 rings (SSSR count). The Balaban J connectivity index is 1.56. The van der Waals surface area contributed by atoms with Gasteiger partial charge < -0.3 is 10.6 Å². The second-order valence-electron chi connectivity index (χ2n) is 5.70. The van der Waals surface area contributed by atoms with Crippen LogP contribution in [0.25, 0.3) is 11.3 Å². The molecule has 27 heavy (non-hydrogen) atoms. The lowest BCUT2D eigenvalue weighted by Crippen LogP contribution is -2.01. The molecule has 2 aromatic heterocycles. The van der Waals surface area contributed by atoms with Crippen molar-refractivity contribution in [3.63, 3.8) is 0 Å². The highest BCUT2D eigenvalue weighted by Gasteiger charge is 2.07. The van der Waals surface area contributed by atoms with Gasteiger partial charge in [-0.1, -0.05) is 12.1 Å². The number of aromatic amines is 1. The number of halogens is 2. The van der Waals surface area contributed by atoms with Crippen LogP contribution in [0.5, 0.6) is 0 Å². The van der Waals surface area contributed by atoms with E-state index in [1.54, 1.807) is 24.5 Å². The highest BCUT2D eigenvalue weighted by molar-refractivity contribution is 9.10. The number of hydrogen-bond acceptors (Lipinski definition) is 5. The Bertz CT molecular complexity index is 1050. The molecule has 0 radical (unpaired) electrons. The first-order valence-corrected chi connectivity index (χ1v) is 8.89. The zero-order valence-corrected chi connectivity index (χ0v) is 15.5. The van der Waals surface area contributed by atoms with E-state index < -0.39 is 0 Å². The van der Waals surface area contributed by atoms with Crippen LogP contribution in [0.4, 0.5) is 27.5 Å². The van der Waals surface area contributed by atoms with Crippen molar-refractivity contribution >= 4 is 39.1 Å². The normalized spacial score (nSPS) is 10.6. The fourth-order valence-electron chi connectivity index (χ4n) is 2.50. The third kappa shape index (κ3) is 4.12. The summed E-state index contributed by atoms with van der Waals surface area (Å²) in [6, 6.07) is 15.8. The molecule has 2 heterocycles. The van der Waals surface area contributed by atoms with Crippen LogP contribution in [0, 0.1) is 5.82 Å². The topological polar surface area (TPSA) is 78.5 Å². The molecule has 0 unspecified atom stereocenters. The quantitative estimate of drug-likeness (QED) is 0.407. The fourth-order valence-corrected chi connectivity index (χ4v) is 2.79. The summed E-state index contributed by atoms with van der Waals surface area (Å²) >= 11 is 3.43. The lowest BCUT2D eigenvalue weighted by Gasteiger charge is -2.11. The Hall–Kier alpha value is -3.26. The van der Waals surface area contributed by atoms with E-state index >= 15 is 0 Å². The van der Waals surface area contributed by atoms with Crippen molar-refractivity contribution in [1.29, 1.82) is 0 Å². The molecule has 0 spiro atoms. The molecule has 0 saturated heterocycles. The molecule has 8 heteroatoms. The van der Waals surface area contributed by atoms with E-state index in [4.69, 9.17) is 0 Å². The maximum atomic E-state index is 13.1. The molecule has 0 amide bonds. The molecule has 0 fully saturated rings. The Morgan fingerprint density at radius 2 is 1.81 bits per heavy atom. The highest BCUT2D eigenvalue weighted by Crippen LogP contribution is 2.26. The number of rotatable bonds is 5. The summed E-state index contributed by atoms with van der Waals surface area (Å²) in [6.07, 6.45) is 3.36. The van der Waals surface area contributed by atoms with Gasteiger partial charge in [0.1, 0.15) is 11.6 Å². The fraction of sp³-hybridized carbons (Fsp3) is 0. The van der Waals surface area contributed by atoms with Gasteiger partial charge in [0.2, 0.25) is 5.95 Å². The van der Waals surface area contributed by atoms with Gasteiger partial charge in [0.05, 0.1) is 10.2 Å². The van der Waals surface area contributed by atoms with Gasteiger partial charge >= 0.3 is 0 Å². The minimum atomic E-state index is -0.290. The van der Waals surface area contributed by atoms with Crippen molar-refractivity contribution in [3.05, 3.63) is 77.3 Å². The highest BCUT2D eigenvalue weighted by atomic mass is 79.9. The first-order valence-electron chi connectivity index (χ1n) is 8.09. The van der Waals surface area contributed by atoms with Gasteiger partial charge in [0.15, 0.2) is 0 Å². The summed E-state index contributed by atoms with van der Waals surface area (Å²) < 4.78 is 13.8. The summed E-state index contributed by atoms with van der Waals surface area (Å²) in [4.78, 5) is 8.78. The van der Waals surface area contributed by atoms with Gasteiger partial charge in [-0.25, -0.2) is 9.37 Å². The maximum Gasteiger partial charge on any atom is 0.229 e. The molecule has 2 aromatic carbocycles. The smallest absolute Gasteiger partial charge is 0.229 e. The maximum absolute atomic E-state index is 13.1. The van der Waals surface area contributed by atoms with Gasteiger partial charge in [0.25, 0.3) is 0 Å². The van der Waals surface area contributed by atoms with Crippen LogP contribution in [0.15, 0.2) is 71.5 Å². The molecule has 0 aliphatic heterocycles. The molecule has 134 valence electrons. The standard InChI is InChI=1S/C19H14BrFN6/c20-16-11-22-19(26-18(16)24-14-6-4-13(21)5-7-14)25-15-3-1-2-12(10-15)17-8-9-23-27-17/h1-11H,(H,23,27)(H2,22,24,25,26). The zero-order chi connectivity index (χ0) is 18.6. The van der Waals surface area contributed by atoms with E-state index in [1.807, 2.05) is 30.3 Å². The van der Waals surface area contributed by atoms with Gasteiger partial charge in [-0.2, -0.15) is 10.1 Å². The summed E-state index contributed by atoms with van der Waals surface area (Å²) in [5, 5.41) is 13.2. The van der Waals surface area contributed by atoms with Crippen LogP contribution < -0.4 is 10.6 Å². The van der Waals surface area contributed by atoms with Crippen LogP contribution in [0.1, 0.15) is 0 Å². The SMILES string of the molecule is Fc1ccc(Nc2nc(Nc3cccc(-c4ccn[nH]4)c3)ncc2Br)cc1. The molecule has 0 atom stereocenters. The number of benzene rings is 2. The van der Waals surface area contributed by atoms with Gasteiger partial charge in [-0.05, 0) is 58.4 Å². The van der Waals surface area contributed by atoms with Crippen LogP contribution in [0.2, 0.25) is 0 Å². The lowest BCUT2D eigenvalue weighted by atomic mass is 10.1. The summed E-state index contributed by atoms with van der Waals surface area (Å²) in [6.45, 7) is 0. The van der Waals surface area contributed by atoms with Crippen molar-refractivity contribution in [1.82, 2.24) is 20.2 Å². The van der Waals surface area contributed by atoms with E-state index in [-0.39, 0.29) is 5.82 Å². The van der Waals surface area contributed by atoms with E-state index in [0.29, 0.717) is 16.2 Å². The third-order valence-corrected chi connectivity index (χ3v) is 4.36. The number of hydrogen-bond donors (Lipinski definition) is 3. The third-order valence-electron chi connectivity index (χ3n) is 3.78. The molecule has 0 aliphatic rings. The summed E-state index contributed by atoms with van der Waals surface area (Å²) in [7, 11) is 0. The number of aromatic nitrogens is 4. The Morgan fingerprint density at radius 1 is 0.963 bits per heavy atom. The van der Waals surface area contributed by atoms with Crippen molar-refractivity contribution in [2.75, 3.05) is 10.6 Å². The molecule has 3 N–H and O–H groups in total. The average Bonchev–Trinajstić information content (AvgIpc) is 3.21. The molecule has 0 saturated carbocycles. The van der Waals surface area contributed by atoms with Crippen LogP contribution in [-0.2, 0) is 0 Å². The second-order valence-corrected chi connectivity index (χ2v) is 6.55. The number of anilines is 4. The van der Waals surface area contributed by atoms with Gasteiger partial charge in [-0.15, -0.1) is 0 Å². The van der Waals surface area contributed by atoms with Crippen LogP contribution in [0.3, 0.4) is 0 Å². The van der Waals surface area contributed by atoms with E-state index in [9.17, 15) is 4.39 Å². The molecular formula is C19H14BrFN6. The van der Waals surface area contributed by atoms with E-state index in [1.165, 1.54) is 12.1 Å². The zero-order valence-electron chi connectivity index (χ0n) is 13.9. The van der Waals surface area contributed by atoms with Crippen molar-refractivity contribution in [2.24, 2.45) is 0 Å². The Morgan fingerprint density at radius 3 is 2.59 bits per heavy atom. The lowest BCUT2D eigenvalue weighted by molar-refractivity contribution is 0.628. The van der Waals surface area contributed by atoms with Gasteiger partial charge in [0, 0.05) is 29.3 Å². The number of nitrogens with one attached hydrogen (secondary N) is 3. The first kappa shape index (κ1) is 17.2. The van der Waals surface area contributed by atoms with E-state index in [2.05, 4.69) is 46.7 Å². The second kappa shape index (κ2) is 7.55. The largest absolute Gasteiger partial charge is 0.339 e. The predicted molar refractivity (Wildman–Crippen MR) is 107 cm³/mol. The minimum absolute atomic E-state index is 0.290. The summed E-state index contributed by atoms with van der Waals surface area (Å²) in [5.41, 5.74) is 3.49. The Labute approximate surface area is 163 Å². The number of H-pyrrole nitrogens is 1. The first-order chi connectivity index (χ1) is 13.2. The van der Waals surface area contributed by atoms with Gasteiger partial charge in [-0.3, -0.25) is 5.10 Å². The Kier molecular flexibility index (Phi) is 4.80. The molecule has 0 aliphatic carbocycles. The average molecular weight is 425 g/mol. The van der Waals surface area contributed by atoms with Crippen LogP contribution in [-0.4, -0.2) is 20.2 Å². The predicted octanol–water partition coefficient (Wildman–Crippen LogP) is 5.26. The number of nitrogens with zero attached hydrogens (tertiary/aromatic N) is 3. The van der Waals surface area contributed by atoms with Crippen LogP contribution >= 0.6 is 15.9 Å². The summed E-state index contributed by atoms with van der Waals surface area (Å²) in [5.74, 6) is 0.718. The van der Waals surface area contributed by atoms with Crippen molar-refractivity contribution in [3.8, 4) is 11.3 Å². The minimum Gasteiger partial charge on any atom is -0.339 e. The monoisotopic (exact) mass is 424 g/mol. The molecule has 4 aromatic rings. The van der Waals surface area contributed by atoms with Crippen molar-refractivity contribution < 1.29 is 4.39 Å². The molecule has 0 bridgehead atoms. The van der Waals surface area contributed by atoms with Crippen molar-refractivity contribution in [2.45, 2.75) is 0 Å². The van der Waals surface area contributed by atoms with E-state index in [0.717, 1.165) is 22.6 Å².